The van der Waals surface area contributed by atoms with Gasteiger partial charge in [-0.05, 0) is 35.9 Å². The predicted octanol–water partition coefficient (Wildman–Crippen LogP) is 3.48. The van der Waals surface area contributed by atoms with E-state index in [0.717, 1.165) is 33.6 Å². The van der Waals surface area contributed by atoms with Gasteiger partial charge in [0, 0.05) is 34.7 Å². The van der Waals surface area contributed by atoms with Crippen LogP contribution in [0.4, 0.5) is 0 Å². The number of carboxylic acid groups (broad SMARTS) is 1. The molecule has 0 unspecified atom stereocenters. The van der Waals surface area contributed by atoms with E-state index < -0.39 is 5.97 Å². The van der Waals surface area contributed by atoms with Gasteiger partial charge in [0.05, 0.1) is 7.11 Å². The molecule has 0 aliphatic heterocycles. The SMILES string of the molecule is COc1ccc(/C=C/C(=O)O)cc1CSc1ccncc1. The fourth-order valence-corrected chi connectivity index (χ4v) is 2.64. The predicted molar refractivity (Wildman–Crippen MR) is 83.5 cm³/mol. The number of hydrogen-bond donors (Lipinski definition) is 1. The Hall–Kier alpha value is -2.27. The van der Waals surface area contributed by atoms with E-state index in [1.165, 1.54) is 0 Å². The van der Waals surface area contributed by atoms with E-state index in [2.05, 4.69) is 4.98 Å². The molecule has 1 aromatic heterocycles. The van der Waals surface area contributed by atoms with Gasteiger partial charge in [0.25, 0.3) is 0 Å². The van der Waals surface area contributed by atoms with Crippen LogP contribution in [0.25, 0.3) is 6.08 Å². The molecule has 2 aromatic rings. The summed E-state index contributed by atoms with van der Waals surface area (Å²) in [6, 6.07) is 9.52. The Morgan fingerprint density at radius 3 is 2.76 bits per heavy atom. The molecular formula is C16H15NO3S. The van der Waals surface area contributed by atoms with Crippen molar-refractivity contribution in [2.24, 2.45) is 0 Å². The van der Waals surface area contributed by atoms with Crippen molar-refractivity contribution < 1.29 is 14.6 Å². The number of pyridine rings is 1. The minimum atomic E-state index is -0.960. The molecule has 1 N–H and O–H groups in total. The van der Waals surface area contributed by atoms with Crippen LogP contribution >= 0.6 is 11.8 Å². The fourth-order valence-electron chi connectivity index (χ4n) is 1.78. The van der Waals surface area contributed by atoms with Gasteiger partial charge < -0.3 is 9.84 Å². The molecule has 4 nitrogen and oxygen atoms in total. The molecule has 0 fully saturated rings. The molecule has 2 rings (SSSR count). The molecule has 0 saturated heterocycles. The van der Waals surface area contributed by atoms with Crippen molar-refractivity contribution in [3.05, 3.63) is 59.9 Å². The molecule has 0 amide bonds. The third-order valence-corrected chi connectivity index (χ3v) is 3.83. The number of benzene rings is 1. The van der Waals surface area contributed by atoms with Crippen molar-refractivity contribution in [3.63, 3.8) is 0 Å². The van der Waals surface area contributed by atoms with E-state index in [9.17, 15) is 4.79 Å². The largest absolute Gasteiger partial charge is 0.496 e. The Labute approximate surface area is 127 Å². The number of aliphatic carboxylic acids is 1. The van der Waals surface area contributed by atoms with Gasteiger partial charge in [0.15, 0.2) is 0 Å². The highest BCUT2D eigenvalue weighted by Crippen LogP contribution is 2.28. The lowest BCUT2D eigenvalue weighted by molar-refractivity contribution is -0.131. The van der Waals surface area contributed by atoms with Crippen LogP contribution in [0.2, 0.25) is 0 Å². The van der Waals surface area contributed by atoms with Crippen LogP contribution in [-0.2, 0) is 10.5 Å². The van der Waals surface area contributed by atoms with Crippen LogP contribution < -0.4 is 4.74 Å². The second-order valence-electron chi connectivity index (χ2n) is 4.21. The maximum absolute atomic E-state index is 10.6. The van der Waals surface area contributed by atoms with E-state index in [0.29, 0.717) is 0 Å². The van der Waals surface area contributed by atoms with E-state index in [1.807, 2.05) is 30.3 Å². The zero-order valence-electron chi connectivity index (χ0n) is 11.5. The number of carbonyl (C=O) groups is 1. The summed E-state index contributed by atoms with van der Waals surface area (Å²) in [6.07, 6.45) is 6.21. The zero-order valence-corrected chi connectivity index (χ0v) is 12.3. The first-order valence-corrected chi connectivity index (χ1v) is 7.28. The van der Waals surface area contributed by atoms with Gasteiger partial charge in [-0.1, -0.05) is 6.07 Å². The topological polar surface area (TPSA) is 59.4 Å². The minimum Gasteiger partial charge on any atom is -0.496 e. The average Bonchev–Trinajstić information content (AvgIpc) is 2.52. The Morgan fingerprint density at radius 1 is 1.33 bits per heavy atom. The van der Waals surface area contributed by atoms with Crippen LogP contribution in [0.15, 0.2) is 53.7 Å². The van der Waals surface area contributed by atoms with Crippen LogP contribution in [0.1, 0.15) is 11.1 Å². The van der Waals surface area contributed by atoms with Gasteiger partial charge in [0.1, 0.15) is 5.75 Å². The van der Waals surface area contributed by atoms with Crippen LogP contribution in [0.5, 0.6) is 5.75 Å². The quantitative estimate of drug-likeness (QED) is 0.654. The molecule has 21 heavy (non-hydrogen) atoms. The Bertz CT molecular complexity index is 641. The smallest absolute Gasteiger partial charge is 0.328 e. The van der Waals surface area contributed by atoms with Crippen molar-refractivity contribution in [2.75, 3.05) is 7.11 Å². The molecule has 5 heteroatoms. The maximum atomic E-state index is 10.6. The zero-order chi connectivity index (χ0) is 15.1. The van der Waals surface area contributed by atoms with Crippen molar-refractivity contribution in [3.8, 4) is 5.75 Å². The summed E-state index contributed by atoms with van der Waals surface area (Å²) in [4.78, 5) is 15.7. The molecule has 108 valence electrons. The number of ether oxygens (including phenoxy) is 1. The van der Waals surface area contributed by atoms with E-state index in [4.69, 9.17) is 9.84 Å². The molecule has 0 aliphatic carbocycles. The van der Waals surface area contributed by atoms with Crippen LogP contribution in [-0.4, -0.2) is 23.2 Å². The lowest BCUT2D eigenvalue weighted by Gasteiger charge is -2.09. The summed E-state index contributed by atoms with van der Waals surface area (Å²) >= 11 is 1.68. The number of aromatic nitrogens is 1. The molecule has 0 bridgehead atoms. The second kappa shape index (κ2) is 7.50. The number of rotatable bonds is 6. The van der Waals surface area contributed by atoms with Crippen LogP contribution in [0.3, 0.4) is 0 Å². The number of carboxylic acids is 1. The minimum absolute atomic E-state index is 0.738. The lowest BCUT2D eigenvalue weighted by atomic mass is 10.1. The summed E-state index contributed by atoms with van der Waals surface area (Å²) in [6.45, 7) is 0. The van der Waals surface area contributed by atoms with Crippen molar-refractivity contribution in [2.45, 2.75) is 10.6 Å². The molecule has 1 aromatic carbocycles. The second-order valence-corrected chi connectivity index (χ2v) is 5.26. The first-order valence-electron chi connectivity index (χ1n) is 6.30. The Kier molecular flexibility index (Phi) is 5.40. The molecule has 0 saturated carbocycles. The summed E-state index contributed by atoms with van der Waals surface area (Å²) in [7, 11) is 1.63. The van der Waals surface area contributed by atoms with Gasteiger partial charge in [-0.25, -0.2) is 4.79 Å². The highest BCUT2D eigenvalue weighted by Gasteiger charge is 2.05. The third-order valence-electron chi connectivity index (χ3n) is 2.77. The van der Waals surface area contributed by atoms with Gasteiger partial charge >= 0.3 is 5.97 Å². The molecular weight excluding hydrogens is 286 g/mol. The van der Waals surface area contributed by atoms with Crippen LogP contribution in [0, 0.1) is 0 Å². The first-order chi connectivity index (χ1) is 10.2. The molecule has 1 heterocycles. The standard InChI is InChI=1S/C16H15NO3S/c1-20-15-4-2-12(3-5-16(18)19)10-13(15)11-21-14-6-8-17-9-7-14/h2-10H,11H2,1H3,(H,18,19)/b5-3+. The van der Waals surface area contributed by atoms with Gasteiger partial charge in [-0.3, -0.25) is 4.98 Å². The molecule has 0 aliphatic rings. The van der Waals surface area contributed by atoms with E-state index in [1.54, 1.807) is 37.3 Å². The van der Waals surface area contributed by atoms with E-state index in [-0.39, 0.29) is 0 Å². The highest BCUT2D eigenvalue weighted by atomic mass is 32.2. The number of methoxy groups -OCH3 is 1. The normalized spacial score (nSPS) is 10.7. The fraction of sp³-hybridized carbons (Fsp3) is 0.125. The van der Waals surface area contributed by atoms with Gasteiger partial charge in [-0.15, -0.1) is 11.8 Å². The lowest BCUT2D eigenvalue weighted by Crippen LogP contribution is -1.92. The summed E-state index contributed by atoms with van der Waals surface area (Å²) in [5.41, 5.74) is 1.86. The number of nitrogens with zero attached hydrogens (tertiary/aromatic N) is 1. The average molecular weight is 301 g/mol. The Balaban J connectivity index is 2.16. The summed E-state index contributed by atoms with van der Waals surface area (Å²) in [5, 5.41) is 8.68. The van der Waals surface area contributed by atoms with Gasteiger partial charge in [0.2, 0.25) is 0 Å². The van der Waals surface area contributed by atoms with Crippen molar-refractivity contribution in [1.29, 1.82) is 0 Å². The first kappa shape index (κ1) is 15.1. The van der Waals surface area contributed by atoms with E-state index >= 15 is 0 Å². The van der Waals surface area contributed by atoms with Crippen molar-refractivity contribution in [1.82, 2.24) is 4.98 Å². The molecule has 0 radical (unpaired) electrons. The highest BCUT2D eigenvalue weighted by molar-refractivity contribution is 7.98. The number of thioether (sulfide) groups is 1. The Morgan fingerprint density at radius 2 is 2.10 bits per heavy atom. The van der Waals surface area contributed by atoms with Gasteiger partial charge in [-0.2, -0.15) is 0 Å². The summed E-state index contributed by atoms with van der Waals surface area (Å²) in [5.74, 6) is 0.574. The maximum Gasteiger partial charge on any atom is 0.328 e. The third kappa shape index (κ3) is 4.65. The monoisotopic (exact) mass is 301 g/mol. The summed E-state index contributed by atoms with van der Waals surface area (Å²) < 4.78 is 5.35. The molecule has 0 atom stereocenters. The van der Waals surface area contributed by atoms with Crippen molar-refractivity contribution >= 4 is 23.8 Å². The number of hydrogen-bond acceptors (Lipinski definition) is 4. The molecule has 0 spiro atoms.